The minimum atomic E-state index is -3.50. The molecule has 0 radical (unpaired) electrons. The molecule has 0 N–H and O–H groups in total. The van der Waals surface area contributed by atoms with E-state index in [1.54, 1.807) is 10.4 Å². The molecular weight excluding hydrogens is 378 g/mol. The van der Waals surface area contributed by atoms with Gasteiger partial charge in [-0.15, -0.1) is 0 Å². The van der Waals surface area contributed by atoms with Crippen LogP contribution in [0.15, 0.2) is 27.6 Å². The van der Waals surface area contributed by atoms with E-state index in [1.807, 2.05) is 12.1 Å². The Kier molecular flexibility index (Phi) is 4.72. The zero-order valence-corrected chi connectivity index (χ0v) is 16.7. The number of sulfonamides is 1. The van der Waals surface area contributed by atoms with Gasteiger partial charge in [0.15, 0.2) is 5.82 Å². The summed E-state index contributed by atoms with van der Waals surface area (Å²) in [5.74, 6) is 1.68. The van der Waals surface area contributed by atoms with Crippen molar-refractivity contribution < 1.29 is 17.7 Å². The van der Waals surface area contributed by atoms with Crippen molar-refractivity contribution in [3.63, 3.8) is 0 Å². The van der Waals surface area contributed by atoms with Crippen molar-refractivity contribution in [2.45, 2.75) is 68.5 Å². The molecule has 2 aromatic rings. The zero-order valence-electron chi connectivity index (χ0n) is 15.8. The number of hydrogen-bond acceptors (Lipinski definition) is 6. The number of rotatable bonds is 6. The summed E-state index contributed by atoms with van der Waals surface area (Å²) < 4.78 is 39.0. The summed E-state index contributed by atoms with van der Waals surface area (Å²) >= 11 is 0. The van der Waals surface area contributed by atoms with E-state index in [-0.39, 0.29) is 12.7 Å². The quantitative estimate of drug-likeness (QED) is 0.737. The van der Waals surface area contributed by atoms with Gasteiger partial charge in [0.2, 0.25) is 10.0 Å². The third kappa shape index (κ3) is 3.60. The van der Waals surface area contributed by atoms with Crippen LogP contribution in [0.3, 0.4) is 0 Å². The Morgan fingerprint density at radius 3 is 2.86 bits per heavy atom. The number of benzene rings is 1. The van der Waals surface area contributed by atoms with E-state index in [2.05, 4.69) is 10.1 Å². The second-order valence-electron chi connectivity index (χ2n) is 8.04. The summed E-state index contributed by atoms with van der Waals surface area (Å²) in [5.41, 5.74) is 2.46. The SMILES string of the molecule is O=S(=O)(c1ccc2c(c1)CCC2)N1CCCC(OCc2nc(C3CC3)no2)C1. The molecular formula is C20H25N3O4S. The van der Waals surface area contributed by atoms with Gasteiger partial charge in [0, 0.05) is 19.0 Å². The Balaban J connectivity index is 1.24. The van der Waals surface area contributed by atoms with Crippen LogP contribution in [0, 0.1) is 0 Å². The monoisotopic (exact) mass is 403 g/mol. The lowest BCUT2D eigenvalue weighted by Gasteiger charge is -2.31. The van der Waals surface area contributed by atoms with Crippen molar-refractivity contribution in [2.75, 3.05) is 13.1 Å². The molecule has 3 aliphatic rings. The van der Waals surface area contributed by atoms with Crippen LogP contribution < -0.4 is 0 Å². The predicted molar refractivity (Wildman–Crippen MR) is 101 cm³/mol. The summed E-state index contributed by atoms with van der Waals surface area (Å²) in [5, 5.41) is 3.99. The van der Waals surface area contributed by atoms with Gasteiger partial charge in [-0.1, -0.05) is 11.2 Å². The molecule has 0 bridgehead atoms. The van der Waals surface area contributed by atoms with E-state index >= 15 is 0 Å². The number of ether oxygens (including phenoxy) is 1. The first kappa shape index (κ1) is 18.3. The van der Waals surface area contributed by atoms with Crippen molar-refractivity contribution in [1.29, 1.82) is 0 Å². The topological polar surface area (TPSA) is 85.5 Å². The van der Waals surface area contributed by atoms with Gasteiger partial charge in [-0.05, 0) is 68.2 Å². The molecule has 150 valence electrons. The van der Waals surface area contributed by atoms with Crippen molar-refractivity contribution in [3.05, 3.63) is 41.0 Å². The van der Waals surface area contributed by atoms with E-state index < -0.39 is 10.0 Å². The fraction of sp³-hybridized carbons (Fsp3) is 0.600. The molecule has 8 heteroatoms. The average Bonchev–Trinajstić information content (AvgIpc) is 3.26. The van der Waals surface area contributed by atoms with Crippen LogP contribution in [-0.2, 0) is 34.2 Å². The van der Waals surface area contributed by atoms with Crippen LogP contribution in [0.25, 0.3) is 0 Å². The number of aromatic nitrogens is 2. The second kappa shape index (κ2) is 7.24. The number of hydrogen-bond donors (Lipinski definition) is 0. The summed E-state index contributed by atoms with van der Waals surface area (Å²) in [6.45, 7) is 1.13. The van der Waals surface area contributed by atoms with E-state index in [0.29, 0.717) is 29.8 Å². The lowest BCUT2D eigenvalue weighted by molar-refractivity contribution is -0.00296. The molecule has 1 aromatic heterocycles. The Hall–Kier alpha value is -1.77. The molecule has 1 atom stereocenters. The van der Waals surface area contributed by atoms with Crippen LogP contribution in [-0.4, -0.2) is 42.1 Å². The molecule has 2 heterocycles. The van der Waals surface area contributed by atoms with Crippen LogP contribution in [0.5, 0.6) is 0 Å². The van der Waals surface area contributed by atoms with Gasteiger partial charge in [0.25, 0.3) is 5.89 Å². The predicted octanol–water partition coefficient (Wildman–Crippen LogP) is 2.81. The molecule has 5 rings (SSSR count). The molecule has 0 amide bonds. The third-order valence-electron chi connectivity index (χ3n) is 5.92. The standard InChI is InChI=1S/C20H25N3O4S/c24-28(25,18-9-8-14-3-1-4-16(14)11-18)23-10-2-5-17(12-23)26-13-19-21-20(22-27-19)15-6-7-15/h8-9,11,15,17H,1-7,10,12-13H2. The number of nitrogens with zero attached hydrogens (tertiary/aromatic N) is 3. The summed E-state index contributed by atoms with van der Waals surface area (Å²) in [6, 6.07) is 5.59. The van der Waals surface area contributed by atoms with Crippen molar-refractivity contribution in [2.24, 2.45) is 0 Å². The molecule has 7 nitrogen and oxygen atoms in total. The first-order valence-electron chi connectivity index (χ1n) is 10.2. The minimum Gasteiger partial charge on any atom is -0.367 e. The minimum absolute atomic E-state index is 0.158. The van der Waals surface area contributed by atoms with Crippen molar-refractivity contribution in [3.8, 4) is 0 Å². The van der Waals surface area contributed by atoms with Gasteiger partial charge in [-0.3, -0.25) is 0 Å². The molecule has 1 unspecified atom stereocenters. The average molecular weight is 404 g/mol. The van der Waals surface area contributed by atoms with Gasteiger partial charge in [0.1, 0.15) is 6.61 Å². The van der Waals surface area contributed by atoms with E-state index in [4.69, 9.17) is 9.26 Å². The molecule has 1 aliphatic heterocycles. The molecule has 0 spiro atoms. The molecule has 1 saturated carbocycles. The largest absolute Gasteiger partial charge is 0.367 e. The number of aryl methyl sites for hydroxylation is 2. The Labute approximate surface area is 165 Å². The Morgan fingerprint density at radius 1 is 1.14 bits per heavy atom. The zero-order chi connectivity index (χ0) is 19.1. The highest BCUT2D eigenvalue weighted by Crippen LogP contribution is 2.38. The number of fused-ring (bicyclic) bond motifs is 1. The maximum Gasteiger partial charge on any atom is 0.252 e. The number of piperidine rings is 1. The molecule has 1 saturated heterocycles. The summed E-state index contributed by atoms with van der Waals surface area (Å²) in [7, 11) is -3.50. The maximum absolute atomic E-state index is 13.1. The third-order valence-corrected chi connectivity index (χ3v) is 7.78. The highest BCUT2D eigenvalue weighted by Gasteiger charge is 2.32. The lowest BCUT2D eigenvalue weighted by atomic mass is 10.1. The van der Waals surface area contributed by atoms with Crippen molar-refractivity contribution >= 4 is 10.0 Å². The van der Waals surface area contributed by atoms with E-state index in [9.17, 15) is 8.42 Å². The van der Waals surface area contributed by atoms with Crippen LogP contribution in [0.2, 0.25) is 0 Å². The van der Waals surface area contributed by atoms with Crippen LogP contribution in [0.4, 0.5) is 0 Å². The second-order valence-corrected chi connectivity index (χ2v) is 9.98. The fourth-order valence-electron chi connectivity index (χ4n) is 4.14. The first-order valence-corrected chi connectivity index (χ1v) is 11.6. The van der Waals surface area contributed by atoms with Crippen LogP contribution >= 0.6 is 0 Å². The molecule has 2 aliphatic carbocycles. The van der Waals surface area contributed by atoms with Gasteiger partial charge >= 0.3 is 0 Å². The van der Waals surface area contributed by atoms with Gasteiger partial charge in [0.05, 0.1) is 11.0 Å². The molecule has 2 fully saturated rings. The van der Waals surface area contributed by atoms with Crippen LogP contribution in [0.1, 0.15) is 60.9 Å². The Bertz CT molecular complexity index is 968. The fourth-order valence-corrected chi connectivity index (χ4v) is 5.70. The van der Waals surface area contributed by atoms with Gasteiger partial charge in [-0.25, -0.2) is 8.42 Å². The smallest absolute Gasteiger partial charge is 0.252 e. The van der Waals surface area contributed by atoms with Gasteiger partial charge < -0.3 is 9.26 Å². The summed E-state index contributed by atoms with van der Waals surface area (Å²) in [4.78, 5) is 4.77. The maximum atomic E-state index is 13.1. The van der Waals surface area contributed by atoms with E-state index in [0.717, 1.165) is 50.8 Å². The first-order chi connectivity index (χ1) is 13.6. The Morgan fingerprint density at radius 2 is 2.00 bits per heavy atom. The molecule has 1 aromatic carbocycles. The molecule has 28 heavy (non-hydrogen) atoms. The normalized spacial score (nSPS) is 23.1. The highest BCUT2D eigenvalue weighted by atomic mass is 32.2. The van der Waals surface area contributed by atoms with Crippen molar-refractivity contribution in [1.82, 2.24) is 14.4 Å². The highest BCUT2D eigenvalue weighted by molar-refractivity contribution is 7.89. The van der Waals surface area contributed by atoms with Gasteiger partial charge in [-0.2, -0.15) is 9.29 Å². The lowest BCUT2D eigenvalue weighted by Crippen LogP contribution is -2.43. The van der Waals surface area contributed by atoms with E-state index in [1.165, 1.54) is 11.1 Å². The summed E-state index contributed by atoms with van der Waals surface area (Å²) in [6.07, 6.45) is 6.83.